The molecule has 27 heavy (non-hydrogen) atoms. The average Bonchev–Trinajstić information content (AvgIpc) is 2.94. The summed E-state index contributed by atoms with van der Waals surface area (Å²) in [6, 6.07) is 12.2. The Kier molecular flexibility index (Phi) is 5.14. The number of benzene rings is 2. The Morgan fingerprint density at radius 2 is 1.89 bits per heavy atom. The number of ketones is 1. The van der Waals surface area contributed by atoms with Gasteiger partial charge in [0.15, 0.2) is 11.5 Å². The normalized spacial score (nSPS) is 18.7. The van der Waals surface area contributed by atoms with Crippen LogP contribution in [-0.2, 0) is 9.59 Å². The first-order valence-corrected chi connectivity index (χ1v) is 8.40. The number of nitrogens with two attached hydrogens (primary N) is 1. The minimum atomic E-state index is -0.830. The summed E-state index contributed by atoms with van der Waals surface area (Å²) in [5.74, 6) is -1.63. The average molecular weight is 368 g/mol. The smallest absolute Gasteiger partial charge is 0.295 e. The minimum Gasteiger partial charge on any atom is -0.507 e. The van der Waals surface area contributed by atoms with Crippen molar-refractivity contribution in [1.29, 1.82) is 0 Å². The number of ether oxygens (including phenoxy) is 1. The van der Waals surface area contributed by atoms with Crippen LogP contribution in [0.5, 0.6) is 11.5 Å². The third-order valence-electron chi connectivity index (χ3n) is 4.48. The Morgan fingerprint density at radius 1 is 1.19 bits per heavy atom. The quantitative estimate of drug-likeness (QED) is 0.421. The number of nitrogens with zero attached hydrogens (tertiary/aromatic N) is 1. The van der Waals surface area contributed by atoms with Crippen molar-refractivity contribution in [2.75, 3.05) is 20.2 Å². The summed E-state index contributed by atoms with van der Waals surface area (Å²) < 4.78 is 5.13. The molecule has 1 unspecified atom stereocenters. The number of carbonyl (C=O) groups is 2. The first kappa shape index (κ1) is 18.5. The van der Waals surface area contributed by atoms with Crippen LogP contribution in [0.4, 0.5) is 0 Å². The number of phenols is 1. The maximum absolute atomic E-state index is 12.7. The van der Waals surface area contributed by atoms with Crippen molar-refractivity contribution in [2.24, 2.45) is 5.73 Å². The molecule has 0 aliphatic carbocycles. The fourth-order valence-electron chi connectivity index (χ4n) is 3.21. The first-order chi connectivity index (χ1) is 13.0. The molecule has 2 aromatic carbocycles. The van der Waals surface area contributed by atoms with Crippen LogP contribution in [0.25, 0.3) is 5.76 Å². The van der Waals surface area contributed by atoms with Crippen molar-refractivity contribution >= 4 is 17.4 Å². The summed E-state index contributed by atoms with van der Waals surface area (Å²) in [5, 5.41) is 20.6. The predicted octanol–water partition coefficient (Wildman–Crippen LogP) is 1.78. The molecular weight excluding hydrogens is 348 g/mol. The number of hydrogen-bond acceptors (Lipinski definition) is 6. The molecule has 0 saturated carbocycles. The summed E-state index contributed by atoms with van der Waals surface area (Å²) in [4.78, 5) is 26.5. The third kappa shape index (κ3) is 3.24. The standard InChI is InChI=1S/C20H20N2O5/c1-27-15-11-13(7-8-14(15)23)17-16(18(24)12-5-3-2-4-6-12)19(25)20(26)22(17)10-9-21/h2-8,11,17,23-24H,9-10,21H2,1H3. The fourth-order valence-corrected chi connectivity index (χ4v) is 3.21. The van der Waals surface area contributed by atoms with Gasteiger partial charge in [0, 0.05) is 18.7 Å². The molecule has 0 aromatic heterocycles. The topological polar surface area (TPSA) is 113 Å². The Balaban J connectivity index is 2.21. The van der Waals surface area contributed by atoms with E-state index in [-0.39, 0.29) is 35.9 Å². The van der Waals surface area contributed by atoms with Gasteiger partial charge in [0.2, 0.25) is 0 Å². The van der Waals surface area contributed by atoms with Crippen molar-refractivity contribution in [3.05, 3.63) is 65.2 Å². The Labute approximate surface area is 156 Å². The number of methoxy groups -OCH3 is 1. The molecule has 1 aliphatic rings. The minimum absolute atomic E-state index is 0.0209. The molecule has 7 heteroatoms. The maximum atomic E-state index is 12.7. The van der Waals surface area contributed by atoms with Gasteiger partial charge < -0.3 is 25.6 Å². The number of aliphatic hydroxyl groups excluding tert-OH is 1. The molecule has 7 nitrogen and oxygen atoms in total. The van der Waals surface area contributed by atoms with E-state index >= 15 is 0 Å². The number of Topliss-reactive ketones (excluding diaryl/α,β-unsaturated/α-hetero) is 1. The highest BCUT2D eigenvalue weighted by atomic mass is 16.5. The zero-order valence-corrected chi connectivity index (χ0v) is 14.8. The van der Waals surface area contributed by atoms with Crippen LogP contribution >= 0.6 is 0 Å². The molecule has 3 rings (SSSR count). The molecule has 0 spiro atoms. The summed E-state index contributed by atoms with van der Waals surface area (Å²) in [7, 11) is 1.40. The van der Waals surface area contributed by atoms with E-state index in [9.17, 15) is 19.8 Å². The molecule has 1 amide bonds. The van der Waals surface area contributed by atoms with Gasteiger partial charge >= 0.3 is 0 Å². The van der Waals surface area contributed by atoms with Gasteiger partial charge in [-0.05, 0) is 17.7 Å². The van der Waals surface area contributed by atoms with E-state index in [0.717, 1.165) is 0 Å². The molecule has 1 heterocycles. The van der Waals surface area contributed by atoms with E-state index in [0.29, 0.717) is 11.1 Å². The first-order valence-electron chi connectivity index (χ1n) is 8.40. The van der Waals surface area contributed by atoms with E-state index in [1.54, 1.807) is 36.4 Å². The molecule has 0 radical (unpaired) electrons. The van der Waals surface area contributed by atoms with Crippen molar-refractivity contribution in [2.45, 2.75) is 6.04 Å². The molecule has 4 N–H and O–H groups in total. The van der Waals surface area contributed by atoms with Crippen molar-refractivity contribution in [3.63, 3.8) is 0 Å². The second kappa shape index (κ2) is 7.51. The van der Waals surface area contributed by atoms with Crippen molar-refractivity contribution in [1.82, 2.24) is 4.90 Å². The van der Waals surface area contributed by atoms with Crippen LogP contribution in [-0.4, -0.2) is 47.0 Å². The number of aliphatic hydroxyl groups is 1. The highest BCUT2D eigenvalue weighted by Gasteiger charge is 2.45. The zero-order valence-electron chi connectivity index (χ0n) is 14.8. The molecular formula is C20H20N2O5. The number of aromatic hydroxyl groups is 1. The Bertz CT molecular complexity index is 908. The van der Waals surface area contributed by atoms with Crippen LogP contribution in [0.1, 0.15) is 17.2 Å². The van der Waals surface area contributed by atoms with Crippen LogP contribution in [0, 0.1) is 0 Å². The maximum Gasteiger partial charge on any atom is 0.295 e. The number of hydrogen-bond donors (Lipinski definition) is 3. The van der Waals surface area contributed by atoms with E-state index in [2.05, 4.69) is 0 Å². The van der Waals surface area contributed by atoms with Crippen LogP contribution in [0.3, 0.4) is 0 Å². The molecule has 140 valence electrons. The van der Waals surface area contributed by atoms with Gasteiger partial charge in [-0.2, -0.15) is 0 Å². The largest absolute Gasteiger partial charge is 0.507 e. The number of likely N-dealkylation sites (tertiary alicyclic amines) is 1. The zero-order chi connectivity index (χ0) is 19.6. The second-order valence-electron chi connectivity index (χ2n) is 6.08. The number of rotatable bonds is 5. The second-order valence-corrected chi connectivity index (χ2v) is 6.08. The lowest BCUT2D eigenvalue weighted by Gasteiger charge is -2.25. The van der Waals surface area contributed by atoms with Crippen molar-refractivity contribution in [3.8, 4) is 11.5 Å². The Hall–Kier alpha value is -3.32. The van der Waals surface area contributed by atoms with Gasteiger partial charge in [-0.15, -0.1) is 0 Å². The lowest BCUT2D eigenvalue weighted by atomic mass is 9.95. The lowest BCUT2D eigenvalue weighted by Crippen LogP contribution is -2.34. The third-order valence-corrected chi connectivity index (χ3v) is 4.48. The number of phenolic OH excluding ortho intramolecular Hbond substituents is 1. The van der Waals surface area contributed by atoms with E-state index in [4.69, 9.17) is 10.5 Å². The summed E-state index contributed by atoms with van der Waals surface area (Å²) in [6.45, 7) is 0.300. The monoisotopic (exact) mass is 368 g/mol. The molecule has 1 atom stereocenters. The van der Waals surface area contributed by atoms with Crippen molar-refractivity contribution < 1.29 is 24.5 Å². The summed E-state index contributed by atoms with van der Waals surface area (Å²) >= 11 is 0. The predicted molar refractivity (Wildman–Crippen MR) is 99.2 cm³/mol. The molecule has 1 aliphatic heterocycles. The van der Waals surface area contributed by atoms with Gasteiger partial charge in [-0.25, -0.2) is 0 Å². The van der Waals surface area contributed by atoms with E-state index in [1.807, 2.05) is 0 Å². The highest BCUT2D eigenvalue weighted by Crippen LogP contribution is 2.41. The molecule has 2 aromatic rings. The molecule has 1 saturated heterocycles. The lowest BCUT2D eigenvalue weighted by molar-refractivity contribution is -0.139. The number of amides is 1. The van der Waals surface area contributed by atoms with Gasteiger partial charge in [0.25, 0.3) is 11.7 Å². The Morgan fingerprint density at radius 3 is 2.52 bits per heavy atom. The van der Waals surface area contributed by atoms with Crippen LogP contribution < -0.4 is 10.5 Å². The molecule has 0 bridgehead atoms. The number of carbonyl (C=O) groups excluding carboxylic acids is 2. The molecule has 1 fully saturated rings. The summed E-state index contributed by atoms with van der Waals surface area (Å²) in [5.41, 5.74) is 6.55. The van der Waals surface area contributed by atoms with Crippen LogP contribution in [0.2, 0.25) is 0 Å². The van der Waals surface area contributed by atoms with Crippen LogP contribution in [0.15, 0.2) is 54.1 Å². The fraction of sp³-hybridized carbons (Fsp3) is 0.200. The van der Waals surface area contributed by atoms with Gasteiger partial charge in [0.1, 0.15) is 5.76 Å². The van der Waals surface area contributed by atoms with E-state index in [1.165, 1.54) is 24.1 Å². The van der Waals surface area contributed by atoms with E-state index < -0.39 is 17.7 Å². The highest BCUT2D eigenvalue weighted by molar-refractivity contribution is 6.46. The van der Waals surface area contributed by atoms with Gasteiger partial charge in [-0.1, -0.05) is 36.4 Å². The van der Waals surface area contributed by atoms with Gasteiger partial charge in [-0.3, -0.25) is 9.59 Å². The SMILES string of the molecule is COc1cc(C2C(=C(O)c3ccccc3)C(=O)C(=O)N2CCN)ccc1O. The van der Waals surface area contributed by atoms with Gasteiger partial charge in [0.05, 0.1) is 18.7 Å². The summed E-state index contributed by atoms with van der Waals surface area (Å²) in [6.07, 6.45) is 0.